The third kappa shape index (κ3) is 4.93. The fraction of sp³-hybridized carbons (Fsp3) is 0.263. The summed E-state index contributed by atoms with van der Waals surface area (Å²) in [5.74, 6) is -2.12. The summed E-state index contributed by atoms with van der Waals surface area (Å²) in [5, 5.41) is 4.52. The summed E-state index contributed by atoms with van der Waals surface area (Å²) >= 11 is 0. The van der Waals surface area contributed by atoms with Crippen molar-refractivity contribution >= 4 is 17.4 Å². The number of halogens is 2. The second-order valence-corrected chi connectivity index (χ2v) is 6.07. The second-order valence-electron chi connectivity index (χ2n) is 6.07. The van der Waals surface area contributed by atoms with E-state index in [1.165, 1.54) is 13.0 Å². The van der Waals surface area contributed by atoms with Crippen molar-refractivity contribution in [3.8, 4) is 0 Å². The summed E-state index contributed by atoms with van der Waals surface area (Å²) in [6, 6.07) is 9.74. The van der Waals surface area contributed by atoms with Gasteiger partial charge in [-0.3, -0.25) is 9.59 Å². The summed E-state index contributed by atoms with van der Waals surface area (Å²) < 4.78 is 26.3. The maximum atomic E-state index is 13.3. The summed E-state index contributed by atoms with van der Waals surface area (Å²) in [6.45, 7) is 4.99. The van der Waals surface area contributed by atoms with E-state index in [-0.39, 0.29) is 17.7 Å². The Kier molecular flexibility index (Phi) is 5.98. The molecule has 0 radical (unpaired) electrons. The van der Waals surface area contributed by atoms with E-state index in [1.807, 2.05) is 6.92 Å². The lowest BCUT2D eigenvalue weighted by atomic mass is 10.1. The van der Waals surface area contributed by atoms with Gasteiger partial charge in [0.1, 0.15) is 6.04 Å². The highest BCUT2D eigenvalue weighted by molar-refractivity contribution is 5.97. The molecule has 0 aromatic heterocycles. The Hall–Kier alpha value is -2.60. The number of nitrogens with one attached hydrogen (secondary N) is 1. The highest BCUT2D eigenvalue weighted by atomic mass is 19.2. The number of nitrogens with two attached hydrogens (primary N) is 1. The highest BCUT2D eigenvalue weighted by Gasteiger charge is 2.21. The highest BCUT2D eigenvalue weighted by Crippen LogP contribution is 2.14. The molecule has 0 bridgehead atoms. The monoisotopic (exact) mass is 347 g/mol. The molecular weight excluding hydrogens is 326 g/mol. The van der Waals surface area contributed by atoms with Crippen molar-refractivity contribution in [3.05, 3.63) is 65.2 Å². The number of hydrogen-bond acceptors (Lipinski definition) is 2. The van der Waals surface area contributed by atoms with Gasteiger partial charge in [-0.1, -0.05) is 12.1 Å². The fourth-order valence-electron chi connectivity index (χ4n) is 2.50. The molecule has 0 unspecified atom stereocenters. The normalized spacial score (nSPS) is 13.2. The number of carbonyl (C=O) groups excluding carboxylic acids is 2. The molecule has 0 spiro atoms. The standard InChI is InChI=1S/C19H20F2N2O2/c1-11(14-7-8-17(20)18(21)10-14)22-12(2)19(25)23-16-6-4-5-15(9-16)13(3)24/h4-12,22H,1-3H3,(H,23,25)/p+1/t11-,12+/m0/s1. The lowest BCUT2D eigenvalue weighted by molar-refractivity contribution is -0.709. The van der Waals surface area contributed by atoms with Crippen LogP contribution in [0.15, 0.2) is 42.5 Å². The van der Waals surface area contributed by atoms with Crippen molar-refractivity contribution in [2.45, 2.75) is 32.9 Å². The first-order valence-electron chi connectivity index (χ1n) is 7.99. The van der Waals surface area contributed by atoms with E-state index in [0.717, 1.165) is 12.1 Å². The van der Waals surface area contributed by atoms with E-state index in [1.54, 1.807) is 36.5 Å². The molecule has 3 N–H and O–H groups in total. The third-order valence-corrected chi connectivity index (χ3v) is 4.00. The first-order valence-corrected chi connectivity index (χ1v) is 7.99. The number of benzene rings is 2. The molecule has 0 aliphatic heterocycles. The smallest absolute Gasteiger partial charge is 0.282 e. The number of rotatable bonds is 6. The Labute approximate surface area is 145 Å². The van der Waals surface area contributed by atoms with E-state index in [0.29, 0.717) is 16.8 Å². The van der Waals surface area contributed by atoms with Crippen LogP contribution in [0.2, 0.25) is 0 Å². The van der Waals surface area contributed by atoms with Gasteiger partial charge in [-0.25, -0.2) is 8.78 Å². The fourth-order valence-corrected chi connectivity index (χ4v) is 2.50. The van der Waals surface area contributed by atoms with Crippen molar-refractivity contribution in [1.29, 1.82) is 0 Å². The molecule has 2 aromatic carbocycles. The Morgan fingerprint density at radius 1 is 1.04 bits per heavy atom. The Bertz CT molecular complexity index is 793. The molecule has 6 heteroatoms. The van der Waals surface area contributed by atoms with Crippen molar-refractivity contribution in [1.82, 2.24) is 0 Å². The molecule has 25 heavy (non-hydrogen) atoms. The number of ketones is 1. The lowest BCUT2D eigenvalue weighted by Gasteiger charge is -2.17. The van der Waals surface area contributed by atoms with E-state index < -0.39 is 17.7 Å². The van der Waals surface area contributed by atoms with Crippen LogP contribution in [-0.2, 0) is 4.79 Å². The number of Topliss-reactive ketones (excluding diaryl/α,β-unsaturated/α-hetero) is 1. The van der Waals surface area contributed by atoms with Gasteiger partial charge >= 0.3 is 0 Å². The molecule has 4 nitrogen and oxygen atoms in total. The van der Waals surface area contributed by atoms with Gasteiger partial charge in [0.25, 0.3) is 5.91 Å². The van der Waals surface area contributed by atoms with Gasteiger partial charge in [0.15, 0.2) is 23.5 Å². The summed E-state index contributed by atoms with van der Waals surface area (Å²) in [5.41, 5.74) is 1.65. The minimum atomic E-state index is -0.907. The zero-order chi connectivity index (χ0) is 18.6. The van der Waals surface area contributed by atoms with Gasteiger partial charge in [-0.15, -0.1) is 0 Å². The molecule has 0 heterocycles. The molecule has 0 aliphatic rings. The van der Waals surface area contributed by atoms with Crippen LogP contribution in [0, 0.1) is 11.6 Å². The van der Waals surface area contributed by atoms with Crippen molar-refractivity contribution in [2.24, 2.45) is 0 Å². The topological polar surface area (TPSA) is 62.8 Å². The van der Waals surface area contributed by atoms with Crippen LogP contribution in [0.5, 0.6) is 0 Å². The van der Waals surface area contributed by atoms with Crippen molar-refractivity contribution in [3.63, 3.8) is 0 Å². The van der Waals surface area contributed by atoms with Crippen molar-refractivity contribution in [2.75, 3.05) is 5.32 Å². The molecular formula is C19H21F2N2O2+. The van der Waals surface area contributed by atoms with E-state index in [4.69, 9.17) is 0 Å². The van der Waals surface area contributed by atoms with Crippen molar-refractivity contribution < 1.29 is 23.7 Å². The molecule has 0 fully saturated rings. The lowest BCUT2D eigenvalue weighted by Crippen LogP contribution is -2.91. The van der Waals surface area contributed by atoms with Gasteiger partial charge in [0.2, 0.25) is 0 Å². The van der Waals surface area contributed by atoms with Crippen LogP contribution in [0.25, 0.3) is 0 Å². The first kappa shape index (κ1) is 18.7. The van der Waals surface area contributed by atoms with E-state index >= 15 is 0 Å². The summed E-state index contributed by atoms with van der Waals surface area (Å²) in [6.07, 6.45) is 0. The van der Waals surface area contributed by atoms with Gasteiger partial charge in [-0.2, -0.15) is 0 Å². The van der Waals surface area contributed by atoms with Crippen LogP contribution in [0.4, 0.5) is 14.5 Å². The Morgan fingerprint density at radius 3 is 2.40 bits per heavy atom. The summed E-state index contributed by atoms with van der Waals surface area (Å²) in [4.78, 5) is 23.7. The number of hydrogen-bond donors (Lipinski definition) is 2. The maximum Gasteiger partial charge on any atom is 0.282 e. The molecule has 0 aliphatic carbocycles. The zero-order valence-corrected chi connectivity index (χ0v) is 14.3. The van der Waals surface area contributed by atoms with Crippen LogP contribution in [-0.4, -0.2) is 17.7 Å². The van der Waals surface area contributed by atoms with Crippen LogP contribution in [0.3, 0.4) is 0 Å². The number of amides is 1. The minimum absolute atomic E-state index is 0.0809. The van der Waals surface area contributed by atoms with Crippen LogP contribution in [0.1, 0.15) is 42.7 Å². The third-order valence-electron chi connectivity index (χ3n) is 4.00. The quantitative estimate of drug-likeness (QED) is 0.790. The SMILES string of the molecule is CC(=O)c1cccc(NC(=O)[C@@H](C)[NH2+][C@@H](C)c2ccc(F)c(F)c2)c1. The maximum absolute atomic E-state index is 13.3. The van der Waals surface area contributed by atoms with E-state index in [9.17, 15) is 18.4 Å². The Morgan fingerprint density at radius 2 is 1.76 bits per heavy atom. The second kappa shape index (κ2) is 7.98. The number of carbonyl (C=O) groups is 2. The minimum Gasteiger partial charge on any atom is -0.330 e. The molecule has 2 rings (SSSR count). The molecule has 0 saturated heterocycles. The average molecular weight is 347 g/mol. The predicted octanol–water partition coefficient (Wildman–Crippen LogP) is 2.82. The van der Waals surface area contributed by atoms with E-state index in [2.05, 4.69) is 5.32 Å². The molecule has 1 amide bonds. The first-order chi connectivity index (χ1) is 11.8. The molecule has 0 saturated carbocycles. The molecule has 2 atom stereocenters. The summed E-state index contributed by atoms with van der Waals surface area (Å²) in [7, 11) is 0. The van der Waals surface area contributed by atoms with Crippen LogP contribution < -0.4 is 10.6 Å². The Balaban J connectivity index is 2.01. The largest absolute Gasteiger partial charge is 0.330 e. The van der Waals surface area contributed by atoms with Gasteiger partial charge in [0.05, 0.1) is 0 Å². The van der Waals surface area contributed by atoms with Crippen LogP contribution >= 0.6 is 0 Å². The average Bonchev–Trinajstić information content (AvgIpc) is 2.57. The number of quaternary nitrogens is 1. The predicted molar refractivity (Wildman–Crippen MR) is 91.2 cm³/mol. The van der Waals surface area contributed by atoms with Gasteiger partial charge < -0.3 is 10.6 Å². The number of anilines is 1. The molecule has 132 valence electrons. The van der Waals surface area contributed by atoms with Gasteiger partial charge in [0, 0.05) is 16.8 Å². The van der Waals surface area contributed by atoms with Gasteiger partial charge in [-0.05, 0) is 51.1 Å². The zero-order valence-electron chi connectivity index (χ0n) is 14.3. The molecule has 2 aromatic rings.